The second-order valence-corrected chi connectivity index (χ2v) is 29.2. The summed E-state index contributed by atoms with van der Waals surface area (Å²) >= 11 is 0. The zero-order valence-corrected chi connectivity index (χ0v) is 64.7. The third-order valence-electron chi connectivity index (χ3n) is 19.7. The van der Waals surface area contributed by atoms with E-state index in [1.54, 1.807) is 0 Å². The lowest BCUT2D eigenvalue weighted by molar-refractivity contribution is -0.161. The Hall–Kier alpha value is -2.92. The quantitative estimate of drug-likeness (QED) is 0.0373. The molecule has 0 amide bonds. The van der Waals surface area contributed by atoms with Crippen LogP contribution in [0.25, 0.3) is 0 Å². The molecule has 0 spiro atoms. The highest BCUT2D eigenvalue weighted by molar-refractivity contribution is 5.70. The molecule has 0 heterocycles. The molecule has 0 saturated carbocycles. The Bertz CT molecular complexity index is 1720. The third kappa shape index (κ3) is 83.5. The number of carbonyl (C=O) groups excluding carboxylic acids is 2. The van der Waals surface area contributed by atoms with E-state index in [2.05, 4.69) is 98.9 Å². The Morgan fingerprint density at radius 2 is 0.448 bits per heavy atom. The molecule has 0 saturated heterocycles. The number of hydrogen-bond acceptors (Lipinski definition) is 5. The summed E-state index contributed by atoms with van der Waals surface area (Å²) in [5, 5.41) is 9.74. The van der Waals surface area contributed by atoms with Crippen LogP contribution in [0.3, 0.4) is 0 Å². The fourth-order valence-corrected chi connectivity index (χ4v) is 13.3. The lowest BCUT2D eigenvalue weighted by Crippen LogP contribution is -2.28. The summed E-state index contributed by atoms with van der Waals surface area (Å²) in [6.07, 6.45) is 123. The molecule has 0 bridgehead atoms. The van der Waals surface area contributed by atoms with Crippen molar-refractivity contribution in [3.63, 3.8) is 0 Å². The van der Waals surface area contributed by atoms with Crippen LogP contribution in [0.1, 0.15) is 463 Å². The summed E-state index contributed by atoms with van der Waals surface area (Å²) in [7, 11) is 0. The maximum absolute atomic E-state index is 12.4. The van der Waals surface area contributed by atoms with E-state index in [1.807, 2.05) is 0 Å². The molecule has 1 atom stereocenters. The van der Waals surface area contributed by atoms with Gasteiger partial charge >= 0.3 is 11.9 Å². The first-order valence-electron chi connectivity index (χ1n) is 43.1. The molecule has 1 unspecified atom stereocenters. The fourth-order valence-electron chi connectivity index (χ4n) is 13.3. The van der Waals surface area contributed by atoms with Crippen LogP contribution >= 0.6 is 0 Å². The number of carbonyl (C=O) groups is 2. The van der Waals surface area contributed by atoms with E-state index < -0.39 is 6.10 Å². The van der Waals surface area contributed by atoms with E-state index in [1.165, 1.54) is 366 Å². The molecule has 0 aromatic carbocycles. The predicted octanol–water partition coefficient (Wildman–Crippen LogP) is 30.7. The van der Waals surface area contributed by atoms with Crippen molar-refractivity contribution in [2.45, 2.75) is 469 Å². The molecule has 0 radical (unpaired) electrons. The van der Waals surface area contributed by atoms with Crippen LogP contribution < -0.4 is 0 Å². The molecule has 0 fully saturated rings. The van der Waals surface area contributed by atoms with E-state index in [9.17, 15) is 14.7 Å². The number of allylic oxidation sites excluding steroid dienone is 14. The van der Waals surface area contributed by atoms with Gasteiger partial charge in [-0.1, -0.05) is 446 Å². The second-order valence-electron chi connectivity index (χ2n) is 29.2. The Morgan fingerprint density at radius 3 is 0.688 bits per heavy atom. The van der Waals surface area contributed by atoms with Crippen molar-refractivity contribution in [3.8, 4) is 0 Å². The van der Waals surface area contributed by atoms with Crippen molar-refractivity contribution in [2.75, 3.05) is 13.2 Å². The summed E-state index contributed by atoms with van der Waals surface area (Å²) in [6.45, 7) is 4.09. The molecule has 560 valence electrons. The van der Waals surface area contributed by atoms with Gasteiger partial charge in [0.05, 0.1) is 6.61 Å². The van der Waals surface area contributed by atoms with Gasteiger partial charge in [0.1, 0.15) is 6.61 Å². The van der Waals surface area contributed by atoms with Crippen molar-refractivity contribution in [3.05, 3.63) is 85.1 Å². The number of aliphatic hydroxyl groups is 1. The molecule has 0 aromatic rings. The van der Waals surface area contributed by atoms with Crippen LogP contribution in [0, 0.1) is 0 Å². The highest BCUT2D eigenvalue weighted by Gasteiger charge is 2.16. The Morgan fingerprint density at radius 1 is 0.250 bits per heavy atom. The Balaban J connectivity index is 3.37. The SMILES string of the molecule is CC/C=C\C/C=C\C/C=C\C/C=C\C/C=C\C/C=C\CCCCCCCCCCCCCCCCCCCCCCCCC(=O)OC(CO)COC(=O)CCCCCCCCCCCCCCCCCCCCCCCCCCCCCCC/C=C\CCCCCCCCCC. The van der Waals surface area contributed by atoms with Gasteiger partial charge in [0, 0.05) is 12.8 Å². The van der Waals surface area contributed by atoms with E-state index in [4.69, 9.17) is 9.47 Å². The van der Waals surface area contributed by atoms with E-state index in [0.717, 1.165) is 70.6 Å². The molecule has 0 aromatic heterocycles. The lowest BCUT2D eigenvalue weighted by Gasteiger charge is -2.15. The molecule has 5 heteroatoms. The predicted molar refractivity (Wildman–Crippen MR) is 426 cm³/mol. The minimum absolute atomic E-state index is 0.0604. The van der Waals surface area contributed by atoms with Gasteiger partial charge in [-0.25, -0.2) is 0 Å². The highest BCUT2D eigenvalue weighted by Crippen LogP contribution is 2.20. The molecule has 5 nitrogen and oxygen atoms in total. The van der Waals surface area contributed by atoms with Crippen molar-refractivity contribution >= 4 is 11.9 Å². The molecule has 0 rings (SSSR count). The number of unbranched alkanes of at least 4 members (excludes halogenated alkanes) is 59. The first-order chi connectivity index (χ1) is 47.6. The summed E-state index contributed by atoms with van der Waals surface area (Å²) in [4.78, 5) is 24.8. The standard InChI is InChI=1S/C91H166O5/c1-3-5-7-9-11-13-15-17-19-21-23-25-27-29-31-33-35-37-39-41-43-45-47-49-51-53-55-57-59-61-63-65-67-69-71-73-75-77-79-81-83-85-90(93)95-88-89(87-92)96-91(94)86-84-82-80-78-76-74-72-70-68-66-64-62-60-58-56-54-52-50-48-46-44-42-40-38-36-34-32-30-28-26-24-22-20-18-16-14-12-10-8-6-4-2/h6,8,12,14,18,20-21,23-24,26,30,32,36,38,89,92H,3-5,7,9-11,13,15-17,19,22,25,27-29,31,33-35,37,39-88H2,1-2H3/b8-6-,14-12-,20-18-,23-21-,26-24-,32-30-,38-36-. The van der Waals surface area contributed by atoms with Gasteiger partial charge in [0.25, 0.3) is 0 Å². The van der Waals surface area contributed by atoms with Crippen molar-refractivity contribution in [1.82, 2.24) is 0 Å². The first-order valence-corrected chi connectivity index (χ1v) is 43.1. The number of ether oxygens (including phenoxy) is 2. The summed E-state index contributed by atoms with van der Waals surface area (Å²) in [6, 6.07) is 0. The van der Waals surface area contributed by atoms with Crippen LogP contribution in [0.15, 0.2) is 85.1 Å². The van der Waals surface area contributed by atoms with Gasteiger partial charge in [-0.2, -0.15) is 0 Å². The fraction of sp³-hybridized carbons (Fsp3) is 0.824. The maximum Gasteiger partial charge on any atom is 0.306 e. The third-order valence-corrected chi connectivity index (χ3v) is 19.7. The molecule has 0 aliphatic rings. The van der Waals surface area contributed by atoms with Crippen LogP contribution in [0.4, 0.5) is 0 Å². The van der Waals surface area contributed by atoms with Gasteiger partial charge in [0.15, 0.2) is 6.10 Å². The second kappa shape index (κ2) is 86.3. The molecule has 1 N–H and O–H groups in total. The van der Waals surface area contributed by atoms with E-state index in [0.29, 0.717) is 12.8 Å². The van der Waals surface area contributed by atoms with Crippen molar-refractivity contribution in [1.29, 1.82) is 0 Å². The van der Waals surface area contributed by atoms with Crippen molar-refractivity contribution in [2.24, 2.45) is 0 Å². The number of rotatable bonds is 81. The zero-order valence-electron chi connectivity index (χ0n) is 64.7. The van der Waals surface area contributed by atoms with Crippen molar-refractivity contribution < 1.29 is 24.2 Å². The van der Waals surface area contributed by atoms with Gasteiger partial charge in [0.2, 0.25) is 0 Å². The first kappa shape index (κ1) is 93.1. The largest absolute Gasteiger partial charge is 0.462 e. The van der Waals surface area contributed by atoms with Crippen LogP contribution in [0.5, 0.6) is 0 Å². The number of hydrogen-bond donors (Lipinski definition) is 1. The molecular formula is C91H166O5. The number of aliphatic hydroxyl groups excluding tert-OH is 1. The average Bonchev–Trinajstić information content (AvgIpc) is 3.79. The topological polar surface area (TPSA) is 72.8 Å². The molecule has 0 aliphatic carbocycles. The van der Waals surface area contributed by atoms with Gasteiger partial charge in [-0.05, 0) is 89.9 Å². The van der Waals surface area contributed by atoms with Crippen LogP contribution in [-0.4, -0.2) is 36.4 Å². The average molecular weight is 1340 g/mol. The van der Waals surface area contributed by atoms with E-state index >= 15 is 0 Å². The highest BCUT2D eigenvalue weighted by atomic mass is 16.6. The number of esters is 2. The van der Waals surface area contributed by atoms with Gasteiger partial charge in [-0.3, -0.25) is 9.59 Å². The normalized spacial score (nSPS) is 12.6. The lowest BCUT2D eigenvalue weighted by atomic mass is 10.0. The minimum Gasteiger partial charge on any atom is -0.462 e. The molecule has 96 heavy (non-hydrogen) atoms. The van der Waals surface area contributed by atoms with Gasteiger partial charge < -0.3 is 14.6 Å². The van der Waals surface area contributed by atoms with Gasteiger partial charge in [-0.15, -0.1) is 0 Å². The molecular weight excluding hydrogens is 1170 g/mol. The summed E-state index contributed by atoms with van der Waals surface area (Å²) in [5.74, 6) is -0.564. The minimum atomic E-state index is -0.773. The van der Waals surface area contributed by atoms with Crippen LogP contribution in [0.2, 0.25) is 0 Å². The maximum atomic E-state index is 12.4. The molecule has 0 aliphatic heterocycles. The smallest absolute Gasteiger partial charge is 0.306 e. The Labute approximate surface area is 600 Å². The van der Waals surface area contributed by atoms with Crippen LogP contribution in [-0.2, 0) is 19.1 Å². The monoisotopic (exact) mass is 1340 g/mol. The Kier molecular flexibility index (Phi) is 83.7. The summed E-state index contributed by atoms with van der Waals surface area (Å²) in [5.41, 5.74) is 0. The zero-order chi connectivity index (χ0) is 69.0. The van der Waals surface area contributed by atoms with E-state index in [-0.39, 0.29) is 25.2 Å². The summed E-state index contributed by atoms with van der Waals surface area (Å²) < 4.78 is 10.8.